The van der Waals surface area contributed by atoms with Crippen LogP contribution < -0.4 is 9.47 Å². The maximum atomic E-state index is 5.69. The van der Waals surface area contributed by atoms with Gasteiger partial charge >= 0.3 is 0 Å². The van der Waals surface area contributed by atoms with Gasteiger partial charge in [0.15, 0.2) is 22.5 Å². The number of aromatic nitrogens is 4. The number of hydrogen-bond acceptors (Lipinski definition) is 6. The quantitative estimate of drug-likeness (QED) is 0.415. The summed E-state index contributed by atoms with van der Waals surface area (Å²) < 4.78 is 14.4. The second kappa shape index (κ2) is 8.14. The van der Waals surface area contributed by atoms with Crippen LogP contribution in [0.25, 0.3) is 11.4 Å². The first-order valence-electron chi connectivity index (χ1n) is 8.41. The van der Waals surface area contributed by atoms with Gasteiger partial charge in [-0.25, -0.2) is 0 Å². The summed E-state index contributed by atoms with van der Waals surface area (Å²) in [4.78, 5) is 4.06. The predicted molar refractivity (Wildman–Crippen MR) is 108 cm³/mol. The third-order valence-corrected chi connectivity index (χ3v) is 5.79. The van der Waals surface area contributed by atoms with Gasteiger partial charge in [-0.15, -0.1) is 16.8 Å². The molecule has 3 aromatic rings. The van der Waals surface area contributed by atoms with Gasteiger partial charge in [-0.3, -0.25) is 9.55 Å². The van der Waals surface area contributed by atoms with Crippen LogP contribution in [0, 0.1) is 0 Å². The molecular weight excluding hydrogens is 428 g/mol. The molecule has 0 N–H and O–H groups in total. The highest BCUT2D eigenvalue weighted by atomic mass is 79.9. The van der Waals surface area contributed by atoms with Crippen molar-refractivity contribution in [3.63, 3.8) is 0 Å². The number of rotatable bonds is 6. The maximum Gasteiger partial charge on any atom is 0.192 e. The summed E-state index contributed by atoms with van der Waals surface area (Å²) in [6.07, 6.45) is 5.35. The van der Waals surface area contributed by atoms with E-state index in [4.69, 9.17) is 9.47 Å². The van der Waals surface area contributed by atoms with Crippen LogP contribution in [0.5, 0.6) is 11.5 Å². The first kappa shape index (κ1) is 18.1. The molecule has 0 saturated heterocycles. The fourth-order valence-electron chi connectivity index (χ4n) is 2.76. The van der Waals surface area contributed by atoms with E-state index in [0.29, 0.717) is 19.8 Å². The van der Waals surface area contributed by atoms with Gasteiger partial charge in [-0.2, -0.15) is 0 Å². The maximum absolute atomic E-state index is 5.69. The van der Waals surface area contributed by atoms with Crippen LogP contribution in [0.4, 0.5) is 0 Å². The van der Waals surface area contributed by atoms with E-state index < -0.39 is 0 Å². The fraction of sp³-hybridized carbons (Fsp3) is 0.211. The predicted octanol–water partition coefficient (Wildman–Crippen LogP) is 4.35. The molecule has 1 aliphatic heterocycles. The first-order valence-corrected chi connectivity index (χ1v) is 10.2. The molecule has 2 aromatic heterocycles. The Morgan fingerprint density at radius 2 is 1.89 bits per heavy atom. The zero-order valence-electron chi connectivity index (χ0n) is 14.5. The van der Waals surface area contributed by atoms with E-state index in [2.05, 4.69) is 42.3 Å². The number of benzene rings is 1. The molecule has 1 aliphatic rings. The summed E-state index contributed by atoms with van der Waals surface area (Å²) in [7, 11) is 0. The lowest BCUT2D eigenvalue weighted by molar-refractivity contribution is 0.171. The molecule has 0 spiro atoms. The summed E-state index contributed by atoms with van der Waals surface area (Å²) in [6.45, 7) is 5.64. The van der Waals surface area contributed by atoms with Crippen molar-refractivity contribution in [1.82, 2.24) is 19.7 Å². The summed E-state index contributed by atoms with van der Waals surface area (Å²) in [5, 5.41) is 9.59. The molecule has 0 unspecified atom stereocenters. The number of nitrogens with zero attached hydrogens (tertiary/aromatic N) is 4. The van der Waals surface area contributed by atoms with Gasteiger partial charge in [-0.1, -0.05) is 33.8 Å². The van der Waals surface area contributed by atoms with Crippen LogP contribution in [0.3, 0.4) is 0 Å². The number of hydrogen-bond donors (Lipinski definition) is 0. The Balaban J connectivity index is 1.58. The molecule has 0 radical (unpaired) electrons. The second-order valence-electron chi connectivity index (χ2n) is 5.82. The molecule has 4 rings (SSSR count). The largest absolute Gasteiger partial charge is 0.486 e. The molecule has 0 saturated carbocycles. The molecule has 8 heteroatoms. The number of pyridine rings is 1. The van der Waals surface area contributed by atoms with Gasteiger partial charge in [0.1, 0.15) is 13.2 Å². The Morgan fingerprint density at radius 1 is 1.15 bits per heavy atom. The molecule has 3 heterocycles. The van der Waals surface area contributed by atoms with Gasteiger partial charge in [0.2, 0.25) is 0 Å². The van der Waals surface area contributed by atoms with E-state index >= 15 is 0 Å². The van der Waals surface area contributed by atoms with E-state index in [1.54, 1.807) is 24.2 Å². The zero-order chi connectivity index (χ0) is 18.6. The van der Waals surface area contributed by atoms with Crippen molar-refractivity contribution in [3.8, 4) is 22.9 Å². The second-order valence-corrected chi connectivity index (χ2v) is 7.61. The Hall–Kier alpha value is -2.32. The average Bonchev–Trinajstić information content (AvgIpc) is 3.10. The van der Waals surface area contributed by atoms with Crippen LogP contribution in [-0.2, 0) is 12.3 Å². The minimum Gasteiger partial charge on any atom is -0.486 e. The van der Waals surface area contributed by atoms with Crippen LogP contribution in [0.2, 0.25) is 0 Å². The molecule has 0 aliphatic carbocycles. The zero-order valence-corrected chi connectivity index (χ0v) is 16.9. The summed E-state index contributed by atoms with van der Waals surface area (Å²) in [5.41, 5.74) is 2.09. The molecule has 138 valence electrons. The Labute approximate surface area is 169 Å². The monoisotopic (exact) mass is 444 g/mol. The van der Waals surface area contributed by atoms with Crippen LogP contribution in [-0.4, -0.2) is 33.0 Å². The molecule has 0 atom stereocenters. The lowest BCUT2D eigenvalue weighted by atomic mass is 10.2. The third kappa shape index (κ3) is 3.86. The highest BCUT2D eigenvalue weighted by Crippen LogP contribution is 2.38. The van der Waals surface area contributed by atoms with Crippen molar-refractivity contribution in [2.45, 2.75) is 17.5 Å². The molecule has 0 amide bonds. The van der Waals surface area contributed by atoms with E-state index in [0.717, 1.165) is 43.8 Å². The number of thioether (sulfide) groups is 1. The van der Waals surface area contributed by atoms with Crippen molar-refractivity contribution in [2.24, 2.45) is 0 Å². The molecular formula is C19H17BrN4O2S. The molecule has 6 nitrogen and oxygen atoms in total. The third-order valence-electron chi connectivity index (χ3n) is 4.04. The van der Waals surface area contributed by atoms with E-state index in [1.807, 2.05) is 30.3 Å². The van der Waals surface area contributed by atoms with Gasteiger partial charge in [-0.05, 0) is 29.8 Å². The van der Waals surface area contributed by atoms with E-state index in [1.165, 1.54) is 0 Å². The van der Waals surface area contributed by atoms with Crippen molar-refractivity contribution in [1.29, 1.82) is 0 Å². The molecule has 0 bridgehead atoms. The first-order chi connectivity index (χ1) is 13.3. The number of allylic oxidation sites excluding steroid dienone is 1. The highest BCUT2D eigenvalue weighted by Gasteiger charge is 2.17. The molecule has 1 aromatic carbocycles. The normalized spacial score (nSPS) is 12.8. The highest BCUT2D eigenvalue weighted by molar-refractivity contribution is 9.10. The van der Waals surface area contributed by atoms with Crippen molar-refractivity contribution < 1.29 is 9.47 Å². The Morgan fingerprint density at radius 3 is 2.63 bits per heavy atom. The van der Waals surface area contributed by atoms with Crippen LogP contribution in [0.1, 0.15) is 5.56 Å². The smallest absolute Gasteiger partial charge is 0.192 e. The van der Waals surface area contributed by atoms with Gasteiger partial charge in [0.05, 0.1) is 0 Å². The van der Waals surface area contributed by atoms with Crippen molar-refractivity contribution in [3.05, 3.63) is 59.4 Å². The summed E-state index contributed by atoms with van der Waals surface area (Å²) in [5.74, 6) is 3.09. The number of fused-ring (bicyclic) bond motifs is 1. The summed E-state index contributed by atoms with van der Waals surface area (Å²) >= 11 is 5.25. The molecule has 0 fully saturated rings. The van der Waals surface area contributed by atoms with Gasteiger partial charge in [0.25, 0.3) is 0 Å². The lowest BCUT2D eigenvalue weighted by Crippen LogP contribution is -2.15. The molecule has 27 heavy (non-hydrogen) atoms. The Kier molecular flexibility index (Phi) is 5.45. The van der Waals surface area contributed by atoms with Gasteiger partial charge < -0.3 is 9.47 Å². The van der Waals surface area contributed by atoms with Crippen molar-refractivity contribution in [2.75, 3.05) is 13.2 Å². The number of ether oxygens (including phenoxy) is 2. The average molecular weight is 445 g/mol. The minimum atomic E-state index is 0.574. The van der Waals surface area contributed by atoms with E-state index in [9.17, 15) is 0 Å². The van der Waals surface area contributed by atoms with Crippen LogP contribution >= 0.6 is 27.7 Å². The SMILES string of the molecule is C=CCn1c(SCc2cc3c(cc2Br)OCCO3)nnc1-c1ccncc1. The lowest BCUT2D eigenvalue weighted by Gasteiger charge is -2.19. The standard InChI is InChI=1S/C19H17BrN4O2S/c1-2-7-24-18(13-3-5-21-6-4-13)22-23-19(24)27-12-14-10-16-17(11-15(14)20)26-9-8-25-16/h2-6,10-11H,1,7-9,12H2. The topological polar surface area (TPSA) is 62.1 Å². The van der Waals surface area contributed by atoms with E-state index in [-0.39, 0.29) is 0 Å². The van der Waals surface area contributed by atoms with Crippen LogP contribution in [0.15, 0.2) is 58.9 Å². The minimum absolute atomic E-state index is 0.574. The number of halogens is 1. The fourth-order valence-corrected chi connectivity index (χ4v) is 4.35. The summed E-state index contributed by atoms with van der Waals surface area (Å²) in [6, 6.07) is 7.83. The van der Waals surface area contributed by atoms with Crippen molar-refractivity contribution >= 4 is 27.7 Å². The Bertz CT molecular complexity index is 962. The van der Waals surface area contributed by atoms with Gasteiger partial charge in [0, 0.05) is 34.7 Å².